The van der Waals surface area contributed by atoms with Gasteiger partial charge in [0.2, 0.25) is 0 Å². The molecule has 0 saturated carbocycles. The molecule has 2 amide bonds. The van der Waals surface area contributed by atoms with Gasteiger partial charge < -0.3 is 38.7 Å². The quantitative estimate of drug-likeness (QED) is 0.0341. The Balaban J connectivity index is 0.000000181. The summed E-state index contributed by atoms with van der Waals surface area (Å²) in [4.78, 5) is 75.1. The fraction of sp³-hybridized carbons (Fsp3) is 0.313. The van der Waals surface area contributed by atoms with E-state index in [0.717, 1.165) is 171 Å². The SMILES string of the molecule is Cc1ccc(C[C@H]2COc3cc(S(=O)(=O)NC(=O)c4ccc(N5CCN(CC6=C(c7ccc(Cl)cc7)CC(C)(C)CC6)CC5)cc4Oc4cnc5[nH]ccc5c4)cc([N+](=O)[O-])c3C2)cc1.Cc1ccc([C@H]2COc3cc(S(=O)(=O)NC(=O)c4ccc(N5CCN(CC6=C(c7ccc(Cl)cc7)CC(C)(C)CC6)CC5)cc4Oc4cnc5[nH]ccc5c4)cc([N+](=O)[O-])c3C2)cc1. The van der Waals surface area contributed by atoms with Gasteiger partial charge in [0, 0.05) is 158 Å². The van der Waals surface area contributed by atoms with Crippen LogP contribution in [0.3, 0.4) is 0 Å². The van der Waals surface area contributed by atoms with E-state index in [1.807, 2.05) is 98.8 Å². The number of nitro groups is 2. The number of rotatable bonds is 23. The summed E-state index contributed by atoms with van der Waals surface area (Å²) in [5.41, 5.74) is 15.6. The summed E-state index contributed by atoms with van der Waals surface area (Å²) in [5, 5.41) is 27.8. The average Bonchev–Trinajstić information content (AvgIpc) is 1.04. The number of nitrogens with one attached hydrogen (secondary N) is 4. The van der Waals surface area contributed by atoms with Crippen LogP contribution in [0.25, 0.3) is 33.2 Å². The predicted octanol–water partition coefficient (Wildman–Crippen LogP) is 19.8. The number of hydrogen-bond acceptors (Lipinski definition) is 20. The molecule has 2 saturated heterocycles. The third kappa shape index (κ3) is 20.5. The first-order valence-corrected chi connectivity index (χ1v) is 47.1. The van der Waals surface area contributed by atoms with E-state index in [1.165, 1.54) is 57.9 Å². The zero-order valence-electron chi connectivity index (χ0n) is 72.5. The minimum Gasteiger partial charge on any atom is -0.493 e. The average molecular weight is 1820 g/mol. The number of nitrogens with zero attached hydrogens (tertiary/aromatic N) is 8. The van der Waals surface area contributed by atoms with Crippen molar-refractivity contribution in [1.82, 2.24) is 39.2 Å². The number of halogens is 2. The molecule has 666 valence electrons. The molecule has 8 aromatic carbocycles. The molecule has 8 heterocycles. The number of aromatic amines is 2. The number of amides is 2. The smallest absolute Gasteiger partial charge is 0.277 e. The zero-order valence-corrected chi connectivity index (χ0v) is 75.6. The molecule has 0 unspecified atom stereocenters. The van der Waals surface area contributed by atoms with Gasteiger partial charge in [0.15, 0.2) is 0 Å². The highest BCUT2D eigenvalue weighted by atomic mass is 35.5. The number of carbonyl (C=O) groups excluding carboxylic acids is 2. The molecular weight excluding hydrogens is 1720 g/mol. The number of pyridine rings is 2. The molecule has 2 aliphatic carbocycles. The second-order valence-corrected chi connectivity index (χ2v) is 40.3. The first-order valence-electron chi connectivity index (χ1n) is 43.4. The van der Waals surface area contributed by atoms with E-state index >= 15 is 0 Å². The summed E-state index contributed by atoms with van der Waals surface area (Å²) < 4.78 is 84.7. The molecule has 0 bridgehead atoms. The van der Waals surface area contributed by atoms with Crippen molar-refractivity contribution in [2.75, 3.05) is 88.5 Å². The fourth-order valence-corrected chi connectivity index (χ4v) is 20.5. The number of H-pyrrole nitrogens is 2. The van der Waals surface area contributed by atoms with Crippen molar-refractivity contribution in [3.05, 3.63) is 304 Å². The molecule has 4 N–H and O–H groups in total. The van der Waals surface area contributed by atoms with Crippen LogP contribution >= 0.6 is 23.2 Å². The number of anilines is 2. The lowest BCUT2D eigenvalue weighted by Gasteiger charge is -2.39. The summed E-state index contributed by atoms with van der Waals surface area (Å²) in [6.07, 6.45) is 14.2. The highest BCUT2D eigenvalue weighted by molar-refractivity contribution is 7.90. The Kier molecular flexibility index (Phi) is 25.4. The summed E-state index contributed by atoms with van der Waals surface area (Å²) in [5.74, 6) is -1.01. The van der Waals surface area contributed by atoms with E-state index in [4.69, 9.17) is 42.1 Å². The summed E-state index contributed by atoms with van der Waals surface area (Å²) in [7, 11) is -9.27. The molecule has 26 nitrogen and oxygen atoms in total. The topological polar surface area (TPSA) is 320 Å². The Labute approximate surface area is 759 Å². The Morgan fingerprint density at radius 1 is 0.527 bits per heavy atom. The van der Waals surface area contributed by atoms with E-state index in [9.17, 15) is 46.7 Å². The number of benzene rings is 8. The molecule has 4 aliphatic heterocycles. The highest BCUT2D eigenvalue weighted by Gasteiger charge is 2.38. The van der Waals surface area contributed by atoms with Gasteiger partial charge in [-0.3, -0.25) is 39.6 Å². The summed E-state index contributed by atoms with van der Waals surface area (Å²) >= 11 is 12.5. The van der Waals surface area contributed by atoms with Crippen LogP contribution in [0, 0.1) is 50.8 Å². The number of fused-ring (bicyclic) bond motifs is 4. The van der Waals surface area contributed by atoms with Crippen molar-refractivity contribution in [2.24, 2.45) is 16.7 Å². The molecular formula is C99H100Cl2N12O14S2. The maximum Gasteiger partial charge on any atom is 0.277 e. The number of nitro benzene ring substituents is 2. The van der Waals surface area contributed by atoms with Crippen molar-refractivity contribution in [3.63, 3.8) is 0 Å². The fourth-order valence-electron chi connectivity index (χ4n) is 18.2. The standard InChI is InChI=1S/C50H51ClN6O7S.C49H49ClN6O7S/c1-32-4-6-33(7-5-32)22-34-23-43-45(57(59)60)26-41(27-46(43)63-31-34)65(61,62)54-49(58)42-13-12-39(25-47(42)64-40-24-36-15-17-52-48(36)53-29-40)56-20-18-55(19-21-56)30-37-14-16-50(2,3)28-44(37)35-8-10-38(51)11-9-35;1-31-4-6-32(7-5-31)36-23-42-44(56(58)59)25-40(26-45(42)62-30-36)64(60,61)53-48(57)41-13-12-38(24-46(41)63-39-22-34-15-17-51-47(34)52-28-39)55-20-18-54(19-21-55)29-35-14-16-49(2,3)27-43(35)33-8-10-37(50)11-9-33/h4-13,15,17,24-27,29,34H,14,16,18-23,28,30-31H2,1-3H3,(H,52,53)(H,54,58);4-13,15,17,22,24-26,28,36H,14,16,18-21,23,27,29-30H2,1-3H3,(H,51,52)(H,53,57)/t34-;36-/m11/s1. The van der Waals surface area contributed by atoms with Crippen molar-refractivity contribution < 1.29 is 55.2 Å². The van der Waals surface area contributed by atoms with Crippen molar-refractivity contribution in [2.45, 2.75) is 115 Å². The Bertz CT molecular complexity index is 6620. The lowest BCUT2D eigenvalue weighted by Crippen LogP contribution is -2.47. The predicted molar refractivity (Wildman–Crippen MR) is 501 cm³/mol. The van der Waals surface area contributed by atoms with Gasteiger partial charge in [-0.25, -0.2) is 36.2 Å². The molecule has 4 aromatic heterocycles. The minimum absolute atomic E-state index is 0.0466. The van der Waals surface area contributed by atoms with Gasteiger partial charge in [-0.05, 0) is 189 Å². The first kappa shape index (κ1) is 88.6. The Hall–Kier alpha value is -12.4. The van der Waals surface area contributed by atoms with Gasteiger partial charge in [-0.1, -0.05) is 146 Å². The monoisotopic (exact) mass is 1810 g/mol. The summed E-state index contributed by atoms with van der Waals surface area (Å²) in [6, 6.07) is 54.1. The van der Waals surface area contributed by atoms with Gasteiger partial charge in [0.25, 0.3) is 43.2 Å². The number of aromatic nitrogens is 4. The lowest BCUT2D eigenvalue weighted by atomic mass is 9.72. The van der Waals surface area contributed by atoms with E-state index in [2.05, 4.69) is 101 Å². The molecule has 2 atom stereocenters. The maximum atomic E-state index is 14.1. The lowest BCUT2D eigenvalue weighted by molar-refractivity contribution is -0.386. The Morgan fingerprint density at radius 3 is 1.40 bits per heavy atom. The number of aryl methyl sites for hydroxylation is 2. The van der Waals surface area contributed by atoms with Gasteiger partial charge in [0.05, 0.1) is 67.5 Å². The van der Waals surface area contributed by atoms with E-state index in [1.54, 1.807) is 60.9 Å². The van der Waals surface area contributed by atoms with E-state index in [-0.39, 0.29) is 82.1 Å². The van der Waals surface area contributed by atoms with E-state index < -0.39 is 57.2 Å². The summed E-state index contributed by atoms with van der Waals surface area (Å²) in [6.45, 7) is 21.7. The van der Waals surface area contributed by atoms with Crippen LogP contribution in [0.4, 0.5) is 22.7 Å². The van der Waals surface area contributed by atoms with Crippen molar-refractivity contribution in [1.29, 1.82) is 0 Å². The molecule has 2 fully saturated rings. The normalized spacial score (nSPS) is 17.7. The van der Waals surface area contributed by atoms with Crippen molar-refractivity contribution >= 4 is 111 Å². The number of piperazine rings is 2. The molecule has 129 heavy (non-hydrogen) atoms. The number of allylic oxidation sites excluding steroid dienone is 2. The largest absolute Gasteiger partial charge is 0.493 e. The minimum atomic E-state index is -4.64. The van der Waals surface area contributed by atoms with Crippen LogP contribution < -0.4 is 38.2 Å². The highest BCUT2D eigenvalue weighted by Crippen LogP contribution is 2.48. The van der Waals surface area contributed by atoms with Gasteiger partial charge >= 0.3 is 0 Å². The molecule has 12 aromatic rings. The molecule has 30 heteroatoms. The zero-order chi connectivity index (χ0) is 90.2. The third-order valence-corrected chi connectivity index (χ3v) is 28.6. The van der Waals surface area contributed by atoms with Crippen LogP contribution in [0.2, 0.25) is 10.0 Å². The number of carbonyl (C=O) groups is 2. The van der Waals surface area contributed by atoms with Crippen LogP contribution in [-0.2, 0) is 39.3 Å². The van der Waals surface area contributed by atoms with Crippen LogP contribution in [0.1, 0.15) is 137 Å². The molecule has 18 rings (SSSR count). The molecule has 0 spiro atoms. The van der Waals surface area contributed by atoms with E-state index in [0.29, 0.717) is 46.8 Å². The molecule has 6 aliphatic rings. The second-order valence-electron chi connectivity index (χ2n) is 36.0. The molecule has 0 radical (unpaired) electrons. The van der Waals surface area contributed by atoms with Gasteiger partial charge in [0.1, 0.15) is 45.8 Å². The number of ether oxygens (including phenoxy) is 4. The second kappa shape index (κ2) is 37.0. The van der Waals surface area contributed by atoms with Crippen LogP contribution in [0.5, 0.6) is 34.5 Å². The Morgan fingerprint density at radius 2 is 0.953 bits per heavy atom. The number of sulfonamides is 2. The first-order chi connectivity index (χ1) is 61.8. The maximum absolute atomic E-state index is 14.1. The number of hydrogen-bond donors (Lipinski definition) is 4. The third-order valence-electron chi connectivity index (χ3n) is 25.5. The van der Waals surface area contributed by atoms with Crippen LogP contribution in [-0.4, -0.2) is 147 Å². The van der Waals surface area contributed by atoms with Gasteiger partial charge in [-0.15, -0.1) is 0 Å². The van der Waals surface area contributed by atoms with Crippen molar-refractivity contribution in [3.8, 4) is 34.5 Å². The van der Waals surface area contributed by atoms with Crippen LogP contribution in [0.15, 0.2) is 228 Å². The van der Waals surface area contributed by atoms with Gasteiger partial charge in [-0.2, -0.15) is 0 Å².